The summed E-state index contributed by atoms with van der Waals surface area (Å²) < 4.78 is 27.0. The van der Waals surface area contributed by atoms with Gasteiger partial charge in [-0.2, -0.15) is 4.31 Å². The Labute approximate surface area is 193 Å². The Morgan fingerprint density at radius 3 is 2.50 bits per heavy atom. The number of aromatic nitrogens is 1. The zero-order valence-electron chi connectivity index (χ0n) is 17.5. The molecule has 0 atom stereocenters. The van der Waals surface area contributed by atoms with Crippen LogP contribution in [0.15, 0.2) is 46.0 Å². The van der Waals surface area contributed by atoms with Crippen LogP contribution in [0.4, 0.5) is 10.8 Å². The third kappa shape index (κ3) is 5.38. The second-order valence-corrected chi connectivity index (χ2v) is 10.5. The summed E-state index contributed by atoms with van der Waals surface area (Å²) in [4.78, 5) is 28.0. The van der Waals surface area contributed by atoms with Crippen LogP contribution in [0.2, 0.25) is 0 Å². The van der Waals surface area contributed by atoms with Gasteiger partial charge in [-0.05, 0) is 30.7 Å². The predicted octanol–water partition coefficient (Wildman–Crippen LogP) is 4.84. The fraction of sp³-hybridized carbons (Fsp3) is 0.300. The van der Waals surface area contributed by atoms with Gasteiger partial charge in [-0.25, -0.2) is 13.4 Å². The molecule has 12 heteroatoms. The van der Waals surface area contributed by atoms with E-state index in [0.29, 0.717) is 34.4 Å². The Balaban J connectivity index is 1.70. The van der Waals surface area contributed by atoms with E-state index in [2.05, 4.69) is 10.3 Å². The molecule has 2 heterocycles. The smallest absolute Gasteiger partial charge is 0.280 e. The van der Waals surface area contributed by atoms with Gasteiger partial charge in [0.25, 0.3) is 11.6 Å². The molecular formula is C20H22N4O5S3. The highest BCUT2D eigenvalue weighted by Crippen LogP contribution is 2.33. The Morgan fingerprint density at radius 2 is 1.91 bits per heavy atom. The lowest BCUT2D eigenvalue weighted by Gasteiger charge is -2.20. The Kier molecular flexibility index (Phi) is 7.72. The topological polar surface area (TPSA) is 123 Å². The summed E-state index contributed by atoms with van der Waals surface area (Å²) >= 11 is 2.40. The third-order valence-corrected chi connectivity index (χ3v) is 8.33. The van der Waals surface area contributed by atoms with Crippen LogP contribution in [-0.2, 0) is 10.0 Å². The van der Waals surface area contributed by atoms with E-state index in [9.17, 15) is 23.3 Å². The van der Waals surface area contributed by atoms with Crippen molar-refractivity contribution in [3.63, 3.8) is 0 Å². The second-order valence-electron chi connectivity index (χ2n) is 6.79. The summed E-state index contributed by atoms with van der Waals surface area (Å²) in [6, 6.07) is 7.22. The zero-order chi connectivity index (χ0) is 23.3. The number of unbranched alkanes of at least 4 members (excludes halogenated alkanes) is 1. The van der Waals surface area contributed by atoms with E-state index in [1.807, 2.05) is 6.92 Å². The first kappa shape index (κ1) is 24.0. The molecule has 0 aliphatic carbocycles. The molecule has 32 heavy (non-hydrogen) atoms. The minimum Gasteiger partial charge on any atom is -0.298 e. The number of benzene rings is 1. The van der Waals surface area contributed by atoms with Crippen molar-refractivity contribution in [2.45, 2.75) is 31.6 Å². The average molecular weight is 495 g/mol. The molecule has 1 N–H and O–H groups in total. The van der Waals surface area contributed by atoms with Gasteiger partial charge in [-0.1, -0.05) is 20.3 Å². The standard InChI is InChI=1S/C20H22N4O5S3/c1-3-5-10-23(4-2)32(28,29)16-8-6-14(7-9-16)19(25)22-20-21-17(13-31-20)18-11-15(12-30-18)24(26)27/h6-9,11-13H,3-5,10H2,1-2H3,(H,21,22,25). The number of anilines is 1. The molecule has 0 bridgehead atoms. The molecule has 1 amide bonds. The van der Waals surface area contributed by atoms with Crippen molar-refractivity contribution < 1.29 is 18.1 Å². The predicted molar refractivity (Wildman–Crippen MR) is 126 cm³/mol. The summed E-state index contributed by atoms with van der Waals surface area (Å²) in [6.07, 6.45) is 1.68. The largest absolute Gasteiger partial charge is 0.298 e. The number of thiazole rings is 1. The average Bonchev–Trinajstić information content (AvgIpc) is 3.44. The maximum atomic E-state index is 12.8. The molecule has 0 saturated heterocycles. The lowest BCUT2D eigenvalue weighted by molar-refractivity contribution is -0.384. The van der Waals surface area contributed by atoms with Gasteiger partial charge < -0.3 is 0 Å². The van der Waals surface area contributed by atoms with Gasteiger partial charge in [-0.15, -0.1) is 22.7 Å². The highest BCUT2D eigenvalue weighted by Gasteiger charge is 2.23. The maximum Gasteiger partial charge on any atom is 0.280 e. The Hall–Kier alpha value is -2.67. The molecule has 2 aromatic heterocycles. The van der Waals surface area contributed by atoms with Gasteiger partial charge in [-0.3, -0.25) is 20.2 Å². The van der Waals surface area contributed by atoms with Crippen molar-refractivity contribution in [1.29, 1.82) is 0 Å². The van der Waals surface area contributed by atoms with Crippen molar-refractivity contribution in [3.05, 3.63) is 56.8 Å². The molecule has 3 rings (SSSR count). The molecule has 0 aliphatic rings. The number of rotatable bonds is 10. The normalized spacial score (nSPS) is 11.6. The molecule has 3 aromatic rings. The Morgan fingerprint density at radius 1 is 1.19 bits per heavy atom. The minimum atomic E-state index is -3.61. The van der Waals surface area contributed by atoms with E-state index >= 15 is 0 Å². The summed E-state index contributed by atoms with van der Waals surface area (Å²) in [5.74, 6) is -0.426. The van der Waals surface area contributed by atoms with Crippen LogP contribution in [-0.4, -0.2) is 41.6 Å². The molecule has 0 unspecified atom stereocenters. The maximum absolute atomic E-state index is 12.8. The number of sulfonamides is 1. The molecule has 0 radical (unpaired) electrons. The summed E-state index contributed by atoms with van der Waals surface area (Å²) in [7, 11) is -3.61. The van der Waals surface area contributed by atoms with Crippen molar-refractivity contribution in [2.75, 3.05) is 18.4 Å². The van der Waals surface area contributed by atoms with Crippen LogP contribution < -0.4 is 5.32 Å². The summed E-state index contributed by atoms with van der Waals surface area (Å²) in [5.41, 5.74) is 0.829. The number of nitrogens with zero attached hydrogens (tertiary/aromatic N) is 3. The van der Waals surface area contributed by atoms with Gasteiger partial charge in [0.2, 0.25) is 10.0 Å². The van der Waals surface area contributed by atoms with E-state index in [1.165, 1.54) is 62.7 Å². The molecule has 9 nitrogen and oxygen atoms in total. The zero-order valence-corrected chi connectivity index (χ0v) is 19.9. The van der Waals surface area contributed by atoms with Gasteiger partial charge in [0, 0.05) is 30.1 Å². The number of carbonyl (C=O) groups is 1. The van der Waals surface area contributed by atoms with Gasteiger partial charge in [0.1, 0.15) is 0 Å². The van der Waals surface area contributed by atoms with E-state index in [-0.39, 0.29) is 10.6 Å². The first-order valence-electron chi connectivity index (χ1n) is 9.86. The lowest BCUT2D eigenvalue weighted by Crippen LogP contribution is -2.31. The molecule has 0 fully saturated rings. The van der Waals surface area contributed by atoms with Crippen molar-refractivity contribution >= 4 is 49.4 Å². The van der Waals surface area contributed by atoms with Gasteiger partial charge >= 0.3 is 0 Å². The number of hydrogen-bond acceptors (Lipinski definition) is 8. The number of nitrogens with one attached hydrogen (secondary N) is 1. The highest BCUT2D eigenvalue weighted by molar-refractivity contribution is 7.89. The van der Waals surface area contributed by atoms with Crippen LogP contribution in [0, 0.1) is 10.1 Å². The van der Waals surface area contributed by atoms with Gasteiger partial charge in [0.05, 0.1) is 25.8 Å². The number of amides is 1. The van der Waals surface area contributed by atoms with Crippen molar-refractivity contribution in [3.8, 4) is 10.6 Å². The number of nitro groups is 1. The van der Waals surface area contributed by atoms with E-state index in [0.717, 1.165) is 12.8 Å². The van der Waals surface area contributed by atoms with E-state index < -0.39 is 20.9 Å². The lowest BCUT2D eigenvalue weighted by atomic mass is 10.2. The quantitative estimate of drug-likeness (QED) is 0.318. The fourth-order valence-electron chi connectivity index (χ4n) is 2.88. The first-order chi connectivity index (χ1) is 15.3. The summed E-state index contributed by atoms with van der Waals surface area (Å²) in [6.45, 7) is 4.64. The third-order valence-electron chi connectivity index (χ3n) is 4.64. The minimum absolute atomic E-state index is 0.00467. The molecular weight excluding hydrogens is 472 g/mol. The Bertz CT molecular complexity index is 1200. The molecule has 0 aliphatic heterocycles. The molecule has 1 aromatic carbocycles. The van der Waals surface area contributed by atoms with E-state index in [1.54, 1.807) is 12.3 Å². The molecule has 170 valence electrons. The second kappa shape index (κ2) is 10.3. The van der Waals surface area contributed by atoms with Crippen molar-refractivity contribution in [2.24, 2.45) is 0 Å². The summed E-state index contributed by atoms with van der Waals surface area (Å²) in [5, 5.41) is 17.0. The fourth-order valence-corrected chi connectivity index (χ4v) is 5.96. The van der Waals surface area contributed by atoms with Crippen LogP contribution in [0.3, 0.4) is 0 Å². The van der Waals surface area contributed by atoms with Crippen LogP contribution in [0.5, 0.6) is 0 Å². The number of hydrogen-bond donors (Lipinski definition) is 1. The monoisotopic (exact) mass is 494 g/mol. The molecule has 0 saturated carbocycles. The number of thiophene rings is 1. The SMILES string of the molecule is CCCCN(CC)S(=O)(=O)c1ccc(C(=O)Nc2nc(-c3cc([N+](=O)[O-])cs3)cs2)cc1. The van der Waals surface area contributed by atoms with Crippen LogP contribution in [0.1, 0.15) is 37.0 Å². The van der Waals surface area contributed by atoms with Crippen LogP contribution >= 0.6 is 22.7 Å². The van der Waals surface area contributed by atoms with Crippen LogP contribution in [0.25, 0.3) is 10.6 Å². The number of carbonyl (C=O) groups excluding carboxylic acids is 1. The van der Waals surface area contributed by atoms with E-state index in [4.69, 9.17) is 0 Å². The van der Waals surface area contributed by atoms with Crippen molar-refractivity contribution in [1.82, 2.24) is 9.29 Å². The molecule has 0 spiro atoms. The van der Waals surface area contributed by atoms with Gasteiger partial charge in [0.15, 0.2) is 5.13 Å². The first-order valence-corrected chi connectivity index (χ1v) is 13.1. The highest BCUT2D eigenvalue weighted by atomic mass is 32.2.